The third-order valence-electron chi connectivity index (χ3n) is 3.25. The van der Waals surface area contributed by atoms with Crippen LogP contribution in [0, 0.1) is 0 Å². The second-order valence-corrected chi connectivity index (χ2v) is 5.19. The highest BCUT2D eigenvalue weighted by molar-refractivity contribution is 7.07. The van der Waals surface area contributed by atoms with Crippen molar-refractivity contribution >= 4 is 17.0 Å². The van der Waals surface area contributed by atoms with E-state index in [9.17, 15) is 5.11 Å². The quantitative estimate of drug-likeness (QED) is 0.871. The molecule has 3 heteroatoms. The van der Waals surface area contributed by atoms with Crippen LogP contribution in [0.3, 0.4) is 0 Å². The van der Waals surface area contributed by atoms with Crippen LogP contribution < -0.4 is 5.32 Å². The van der Waals surface area contributed by atoms with Gasteiger partial charge in [0.05, 0.1) is 6.10 Å². The van der Waals surface area contributed by atoms with Crippen LogP contribution in [0.1, 0.15) is 22.8 Å². The van der Waals surface area contributed by atoms with Crippen LogP contribution >= 0.6 is 11.3 Å². The van der Waals surface area contributed by atoms with E-state index in [4.69, 9.17) is 0 Å². The Kier molecular flexibility index (Phi) is 2.87. The molecular weight excluding hydrogens is 230 g/mol. The first-order valence-electron chi connectivity index (χ1n) is 5.89. The molecule has 2 nitrogen and oxygen atoms in total. The number of anilines is 1. The molecular formula is C14H15NOS. The summed E-state index contributed by atoms with van der Waals surface area (Å²) in [6, 6.07) is 8.27. The lowest BCUT2D eigenvalue weighted by Crippen LogP contribution is -2.04. The number of aliphatic hydroxyl groups is 1. The summed E-state index contributed by atoms with van der Waals surface area (Å²) < 4.78 is 0. The Balaban J connectivity index is 1.86. The van der Waals surface area contributed by atoms with E-state index in [2.05, 4.69) is 28.2 Å². The molecule has 1 aliphatic heterocycles. The number of fused-ring (bicyclic) bond motifs is 1. The Morgan fingerprint density at radius 3 is 3.12 bits per heavy atom. The fourth-order valence-electron chi connectivity index (χ4n) is 2.39. The number of hydrogen-bond donors (Lipinski definition) is 2. The summed E-state index contributed by atoms with van der Waals surface area (Å²) in [7, 11) is 0. The first-order valence-corrected chi connectivity index (χ1v) is 6.83. The lowest BCUT2D eigenvalue weighted by Gasteiger charge is -2.14. The highest BCUT2D eigenvalue weighted by atomic mass is 32.1. The van der Waals surface area contributed by atoms with Gasteiger partial charge in [-0.3, -0.25) is 0 Å². The maximum atomic E-state index is 10.3. The monoisotopic (exact) mass is 245 g/mol. The molecule has 2 heterocycles. The van der Waals surface area contributed by atoms with Crippen molar-refractivity contribution < 1.29 is 5.11 Å². The maximum absolute atomic E-state index is 10.3. The van der Waals surface area contributed by atoms with E-state index in [1.807, 2.05) is 12.1 Å². The molecule has 17 heavy (non-hydrogen) atoms. The van der Waals surface area contributed by atoms with Crippen LogP contribution in [-0.4, -0.2) is 11.7 Å². The summed E-state index contributed by atoms with van der Waals surface area (Å²) in [4.78, 5) is 0. The number of aliphatic hydroxyl groups excluding tert-OH is 1. The molecule has 1 aromatic carbocycles. The van der Waals surface area contributed by atoms with Crippen molar-refractivity contribution in [3.63, 3.8) is 0 Å². The molecule has 2 aromatic rings. The van der Waals surface area contributed by atoms with Gasteiger partial charge in [0.15, 0.2) is 0 Å². The zero-order chi connectivity index (χ0) is 11.7. The summed E-state index contributed by atoms with van der Waals surface area (Å²) in [6.45, 7) is 0.984. The molecule has 0 spiro atoms. The minimum Gasteiger partial charge on any atom is -0.388 e. The summed E-state index contributed by atoms with van der Waals surface area (Å²) in [5, 5.41) is 17.8. The van der Waals surface area contributed by atoms with E-state index in [-0.39, 0.29) is 0 Å². The van der Waals surface area contributed by atoms with Crippen molar-refractivity contribution in [3.05, 3.63) is 51.7 Å². The van der Waals surface area contributed by atoms with Crippen LogP contribution in [-0.2, 0) is 12.8 Å². The lowest BCUT2D eigenvalue weighted by molar-refractivity contribution is 0.179. The predicted molar refractivity (Wildman–Crippen MR) is 71.6 cm³/mol. The van der Waals surface area contributed by atoms with Crippen molar-refractivity contribution in [1.82, 2.24) is 0 Å². The van der Waals surface area contributed by atoms with Crippen molar-refractivity contribution in [2.45, 2.75) is 18.9 Å². The molecule has 1 unspecified atom stereocenters. The number of para-hydroxylation sites is 1. The summed E-state index contributed by atoms with van der Waals surface area (Å²) in [5.41, 5.74) is 4.71. The number of rotatable bonds is 3. The second-order valence-electron chi connectivity index (χ2n) is 4.41. The normalized spacial score (nSPS) is 15.4. The molecule has 1 atom stereocenters. The Bertz CT molecular complexity index is 507. The molecule has 0 aliphatic carbocycles. The highest BCUT2D eigenvalue weighted by Gasteiger charge is 2.18. The van der Waals surface area contributed by atoms with Crippen molar-refractivity contribution in [2.24, 2.45) is 0 Å². The van der Waals surface area contributed by atoms with Crippen LogP contribution in [0.4, 0.5) is 5.69 Å². The van der Waals surface area contributed by atoms with Gasteiger partial charge < -0.3 is 10.4 Å². The third-order valence-corrected chi connectivity index (χ3v) is 3.98. The minimum atomic E-state index is -0.412. The van der Waals surface area contributed by atoms with Gasteiger partial charge >= 0.3 is 0 Å². The standard InChI is InChI=1S/C14H15NOS/c16-13(8-10-5-7-17-9-10)12-3-1-2-11-4-6-15-14(11)12/h1-3,5,7,9,13,15-16H,4,6,8H2. The fraction of sp³-hybridized carbons (Fsp3) is 0.286. The zero-order valence-electron chi connectivity index (χ0n) is 9.52. The van der Waals surface area contributed by atoms with E-state index in [1.54, 1.807) is 11.3 Å². The van der Waals surface area contributed by atoms with Crippen molar-refractivity contribution in [1.29, 1.82) is 0 Å². The first-order chi connectivity index (χ1) is 8.34. The Hall–Kier alpha value is -1.32. The molecule has 1 aliphatic rings. The van der Waals surface area contributed by atoms with Gasteiger partial charge in [0.1, 0.15) is 0 Å². The van der Waals surface area contributed by atoms with Gasteiger partial charge in [-0.25, -0.2) is 0 Å². The molecule has 3 rings (SSSR count). The van der Waals surface area contributed by atoms with E-state index in [1.165, 1.54) is 11.1 Å². The van der Waals surface area contributed by atoms with Gasteiger partial charge in [0, 0.05) is 24.2 Å². The first kappa shape index (κ1) is 10.8. The smallest absolute Gasteiger partial charge is 0.0850 e. The average molecular weight is 245 g/mol. The van der Waals surface area contributed by atoms with Crippen molar-refractivity contribution in [3.8, 4) is 0 Å². The van der Waals surface area contributed by atoms with Crippen molar-refractivity contribution in [2.75, 3.05) is 11.9 Å². The maximum Gasteiger partial charge on any atom is 0.0850 e. The van der Waals surface area contributed by atoms with Gasteiger partial charge in [0.25, 0.3) is 0 Å². The number of hydrogen-bond acceptors (Lipinski definition) is 3. The van der Waals surface area contributed by atoms with Crippen LogP contribution in [0.25, 0.3) is 0 Å². The van der Waals surface area contributed by atoms with Gasteiger partial charge in [0.2, 0.25) is 0 Å². The minimum absolute atomic E-state index is 0.412. The molecule has 88 valence electrons. The molecule has 0 saturated heterocycles. The Morgan fingerprint density at radius 2 is 2.29 bits per heavy atom. The van der Waals surface area contributed by atoms with Gasteiger partial charge in [-0.15, -0.1) is 0 Å². The molecule has 0 bridgehead atoms. The third kappa shape index (κ3) is 2.08. The topological polar surface area (TPSA) is 32.3 Å². The van der Waals surface area contributed by atoms with Crippen LogP contribution in [0.5, 0.6) is 0 Å². The van der Waals surface area contributed by atoms with Gasteiger partial charge in [-0.2, -0.15) is 11.3 Å². The Morgan fingerprint density at radius 1 is 1.35 bits per heavy atom. The van der Waals surface area contributed by atoms with E-state index >= 15 is 0 Å². The molecule has 0 saturated carbocycles. The van der Waals surface area contributed by atoms with Gasteiger partial charge in [-0.1, -0.05) is 18.2 Å². The van der Waals surface area contributed by atoms with E-state index in [0.717, 1.165) is 24.2 Å². The Labute approximate surface area is 105 Å². The average Bonchev–Trinajstić information content (AvgIpc) is 2.97. The summed E-state index contributed by atoms with van der Waals surface area (Å²) in [5.74, 6) is 0. The zero-order valence-corrected chi connectivity index (χ0v) is 10.3. The molecule has 1 aromatic heterocycles. The fourth-order valence-corrected chi connectivity index (χ4v) is 3.07. The molecule has 0 radical (unpaired) electrons. The molecule has 0 amide bonds. The van der Waals surface area contributed by atoms with E-state index in [0.29, 0.717) is 6.42 Å². The van der Waals surface area contributed by atoms with E-state index < -0.39 is 6.10 Å². The van der Waals surface area contributed by atoms with Crippen LogP contribution in [0.15, 0.2) is 35.0 Å². The summed E-state index contributed by atoms with van der Waals surface area (Å²) >= 11 is 1.68. The summed E-state index contributed by atoms with van der Waals surface area (Å²) in [6.07, 6.45) is 1.35. The number of nitrogens with one attached hydrogen (secondary N) is 1. The molecule has 0 fully saturated rings. The predicted octanol–water partition coefficient (Wildman–Crippen LogP) is 2.99. The second kappa shape index (κ2) is 4.51. The van der Waals surface area contributed by atoms with Crippen LogP contribution in [0.2, 0.25) is 0 Å². The number of thiophene rings is 1. The SMILES string of the molecule is OC(Cc1ccsc1)c1cccc2c1NCC2. The lowest BCUT2D eigenvalue weighted by atomic mass is 9.99. The highest BCUT2D eigenvalue weighted by Crippen LogP contribution is 2.32. The largest absolute Gasteiger partial charge is 0.388 e. The molecule has 2 N–H and O–H groups in total. The number of benzene rings is 1. The van der Waals surface area contributed by atoms with Gasteiger partial charge in [-0.05, 0) is 34.4 Å².